The summed E-state index contributed by atoms with van der Waals surface area (Å²) in [4.78, 5) is 3.89. The van der Waals surface area contributed by atoms with Gasteiger partial charge in [-0.25, -0.2) is 9.37 Å². The summed E-state index contributed by atoms with van der Waals surface area (Å²) >= 11 is 0. The van der Waals surface area contributed by atoms with Crippen molar-refractivity contribution in [1.29, 1.82) is 0 Å². The Hall–Kier alpha value is -1.16. The first-order valence-electron chi connectivity index (χ1n) is 5.75. The Kier molecular flexibility index (Phi) is 5.78. The molecule has 0 bridgehead atoms. The van der Waals surface area contributed by atoms with E-state index < -0.39 is 0 Å². The van der Waals surface area contributed by atoms with Crippen LogP contribution in [0.2, 0.25) is 0 Å². The molecule has 0 unspecified atom stereocenters. The molecule has 0 aliphatic rings. The number of nitrogens with two attached hydrogens (primary N) is 1. The molecule has 0 atom stereocenters. The molecule has 0 amide bonds. The monoisotopic (exact) mass is 226 g/mol. The quantitative estimate of drug-likeness (QED) is 0.727. The standard InChI is InChI=1S/C12H19FN2O/c1-2-3-4-5-6-16-12-10(8-14)7-11(13)9-15-12/h7,9H,2-6,8,14H2,1H3. The molecule has 0 spiro atoms. The summed E-state index contributed by atoms with van der Waals surface area (Å²) < 4.78 is 18.3. The van der Waals surface area contributed by atoms with Crippen LogP contribution in [-0.4, -0.2) is 11.6 Å². The highest BCUT2D eigenvalue weighted by Crippen LogP contribution is 2.15. The van der Waals surface area contributed by atoms with Gasteiger partial charge < -0.3 is 10.5 Å². The van der Waals surface area contributed by atoms with Crippen molar-refractivity contribution in [3.8, 4) is 5.88 Å². The summed E-state index contributed by atoms with van der Waals surface area (Å²) in [5, 5.41) is 0. The van der Waals surface area contributed by atoms with Crippen LogP contribution >= 0.6 is 0 Å². The molecule has 0 aliphatic carbocycles. The van der Waals surface area contributed by atoms with E-state index in [-0.39, 0.29) is 12.4 Å². The highest BCUT2D eigenvalue weighted by molar-refractivity contribution is 5.25. The maximum Gasteiger partial charge on any atom is 0.218 e. The van der Waals surface area contributed by atoms with Crippen molar-refractivity contribution >= 4 is 0 Å². The Morgan fingerprint density at radius 3 is 2.88 bits per heavy atom. The average molecular weight is 226 g/mol. The van der Waals surface area contributed by atoms with Crippen LogP contribution in [0.4, 0.5) is 4.39 Å². The van der Waals surface area contributed by atoms with E-state index in [1.165, 1.54) is 18.9 Å². The lowest BCUT2D eigenvalue weighted by molar-refractivity contribution is 0.290. The van der Waals surface area contributed by atoms with Crippen LogP contribution in [-0.2, 0) is 6.54 Å². The number of rotatable bonds is 7. The minimum Gasteiger partial charge on any atom is -0.477 e. The van der Waals surface area contributed by atoms with Gasteiger partial charge >= 0.3 is 0 Å². The fourth-order valence-electron chi connectivity index (χ4n) is 1.44. The molecule has 90 valence electrons. The average Bonchev–Trinajstić information content (AvgIpc) is 2.30. The number of aromatic nitrogens is 1. The fraction of sp³-hybridized carbons (Fsp3) is 0.583. The number of nitrogens with zero attached hydrogens (tertiary/aromatic N) is 1. The molecule has 0 saturated carbocycles. The number of ether oxygens (including phenoxy) is 1. The van der Waals surface area contributed by atoms with E-state index >= 15 is 0 Å². The number of halogens is 1. The molecule has 0 fully saturated rings. The zero-order chi connectivity index (χ0) is 11.8. The molecule has 3 nitrogen and oxygen atoms in total. The van der Waals surface area contributed by atoms with Crippen molar-refractivity contribution < 1.29 is 9.13 Å². The van der Waals surface area contributed by atoms with Crippen LogP contribution in [0.3, 0.4) is 0 Å². The third kappa shape index (κ3) is 4.14. The Morgan fingerprint density at radius 2 is 2.19 bits per heavy atom. The smallest absolute Gasteiger partial charge is 0.218 e. The van der Waals surface area contributed by atoms with Gasteiger partial charge in [-0.05, 0) is 12.5 Å². The van der Waals surface area contributed by atoms with Crippen molar-refractivity contribution in [2.45, 2.75) is 39.2 Å². The summed E-state index contributed by atoms with van der Waals surface area (Å²) in [6, 6.07) is 1.37. The lowest BCUT2D eigenvalue weighted by Gasteiger charge is -2.08. The third-order valence-corrected chi connectivity index (χ3v) is 2.35. The number of unbranched alkanes of at least 4 members (excludes halogenated alkanes) is 3. The van der Waals surface area contributed by atoms with Crippen LogP contribution < -0.4 is 10.5 Å². The third-order valence-electron chi connectivity index (χ3n) is 2.35. The zero-order valence-electron chi connectivity index (χ0n) is 9.71. The molecule has 1 aromatic heterocycles. The Bertz CT molecular complexity index is 318. The predicted molar refractivity (Wildman–Crippen MR) is 61.7 cm³/mol. The minimum atomic E-state index is -0.376. The second kappa shape index (κ2) is 7.17. The molecule has 0 aliphatic heterocycles. The van der Waals surface area contributed by atoms with Gasteiger partial charge in [0.2, 0.25) is 5.88 Å². The predicted octanol–water partition coefficient (Wildman–Crippen LogP) is 2.64. The van der Waals surface area contributed by atoms with Gasteiger partial charge in [0.1, 0.15) is 5.82 Å². The van der Waals surface area contributed by atoms with Gasteiger partial charge in [-0.3, -0.25) is 0 Å². The summed E-state index contributed by atoms with van der Waals surface area (Å²) in [7, 11) is 0. The highest BCUT2D eigenvalue weighted by atomic mass is 19.1. The van der Waals surface area contributed by atoms with E-state index in [1.54, 1.807) is 0 Å². The highest BCUT2D eigenvalue weighted by Gasteiger charge is 2.05. The van der Waals surface area contributed by atoms with Crippen molar-refractivity contribution in [3.05, 3.63) is 23.6 Å². The first kappa shape index (κ1) is 12.9. The Morgan fingerprint density at radius 1 is 1.38 bits per heavy atom. The fourth-order valence-corrected chi connectivity index (χ4v) is 1.44. The molecule has 2 N–H and O–H groups in total. The van der Waals surface area contributed by atoms with E-state index in [9.17, 15) is 4.39 Å². The molecule has 1 heterocycles. The second-order valence-electron chi connectivity index (χ2n) is 3.73. The number of hydrogen-bond donors (Lipinski definition) is 1. The first-order chi connectivity index (χ1) is 7.77. The normalized spacial score (nSPS) is 10.4. The molecule has 4 heteroatoms. The van der Waals surface area contributed by atoms with E-state index in [0.29, 0.717) is 18.1 Å². The minimum absolute atomic E-state index is 0.245. The summed E-state index contributed by atoms with van der Waals surface area (Å²) in [6.07, 6.45) is 5.71. The van der Waals surface area contributed by atoms with Crippen molar-refractivity contribution in [3.63, 3.8) is 0 Å². The van der Waals surface area contributed by atoms with E-state index in [1.807, 2.05) is 0 Å². The molecule has 0 saturated heterocycles. The maximum atomic E-state index is 12.8. The summed E-state index contributed by atoms with van der Waals surface area (Å²) in [6.45, 7) is 3.02. The second-order valence-corrected chi connectivity index (χ2v) is 3.73. The van der Waals surface area contributed by atoms with Gasteiger partial charge in [0, 0.05) is 12.1 Å². The van der Waals surface area contributed by atoms with E-state index in [0.717, 1.165) is 19.0 Å². The van der Waals surface area contributed by atoms with Gasteiger partial charge in [0.05, 0.1) is 12.8 Å². The number of pyridine rings is 1. The van der Waals surface area contributed by atoms with Crippen LogP contribution in [0, 0.1) is 5.82 Å². The molecule has 0 radical (unpaired) electrons. The van der Waals surface area contributed by atoms with Gasteiger partial charge in [-0.1, -0.05) is 26.2 Å². The number of hydrogen-bond acceptors (Lipinski definition) is 3. The molecule has 0 aromatic carbocycles. The van der Waals surface area contributed by atoms with Crippen molar-refractivity contribution in [1.82, 2.24) is 4.98 Å². The lowest BCUT2D eigenvalue weighted by atomic mass is 10.2. The van der Waals surface area contributed by atoms with Crippen LogP contribution in [0.1, 0.15) is 38.2 Å². The summed E-state index contributed by atoms with van der Waals surface area (Å²) in [5.41, 5.74) is 6.11. The topological polar surface area (TPSA) is 48.1 Å². The Labute approximate surface area is 95.8 Å². The van der Waals surface area contributed by atoms with Gasteiger partial charge in [-0.2, -0.15) is 0 Å². The Balaban J connectivity index is 2.41. The lowest BCUT2D eigenvalue weighted by Crippen LogP contribution is -2.06. The van der Waals surface area contributed by atoms with Crippen molar-refractivity contribution in [2.75, 3.05) is 6.61 Å². The molecule has 1 rings (SSSR count). The SMILES string of the molecule is CCCCCCOc1ncc(F)cc1CN. The van der Waals surface area contributed by atoms with E-state index in [4.69, 9.17) is 10.5 Å². The van der Waals surface area contributed by atoms with Gasteiger partial charge in [0.25, 0.3) is 0 Å². The molecule has 1 aromatic rings. The summed E-state index contributed by atoms with van der Waals surface area (Å²) in [5.74, 6) is 0.0826. The van der Waals surface area contributed by atoms with Gasteiger partial charge in [0.15, 0.2) is 0 Å². The molecular formula is C12H19FN2O. The van der Waals surface area contributed by atoms with Crippen LogP contribution in [0.25, 0.3) is 0 Å². The van der Waals surface area contributed by atoms with E-state index in [2.05, 4.69) is 11.9 Å². The first-order valence-corrected chi connectivity index (χ1v) is 5.75. The van der Waals surface area contributed by atoms with Crippen LogP contribution in [0.15, 0.2) is 12.3 Å². The van der Waals surface area contributed by atoms with Crippen LogP contribution in [0.5, 0.6) is 5.88 Å². The zero-order valence-corrected chi connectivity index (χ0v) is 9.71. The van der Waals surface area contributed by atoms with Gasteiger partial charge in [-0.15, -0.1) is 0 Å². The molecule has 16 heavy (non-hydrogen) atoms. The molecular weight excluding hydrogens is 207 g/mol. The largest absolute Gasteiger partial charge is 0.477 e. The maximum absolute atomic E-state index is 12.8. The van der Waals surface area contributed by atoms with Crippen molar-refractivity contribution in [2.24, 2.45) is 5.73 Å².